The first-order valence-electron chi connectivity index (χ1n) is 8.49. The number of aromatic carboxylic acids is 1. The Bertz CT molecular complexity index is 1210. The van der Waals surface area contributed by atoms with Gasteiger partial charge in [0.2, 0.25) is 0 Å². The van der Waals surface area contributed by atoms with Crippen molar-refractivity contribution in [3.05, 3.63) is 69.1 Å². The smallest absolute Gasteiger partial charge is 0.357 e. The first-order valence-corrected chi connectivity index (χ1v) is 9.24. The number of carboxylic acid groups (broad SMARTS) is 1. The van der Waals surface area contributed by atoms with Gasteiger partial charge in [0.15, 0.2) is 5.69 Å². The molecule has 0 aliphatic heterocycles. The summed E-state index contributed by atoms with van der Waals surface area (Å²) in [7, 11) is 2.15. The molecule has 11 heteroatoms. The van der Waals surface area contributed by atoms with Gasteiger partial charge in [-0.15, -0.1) is 0 Å². The van der Waals surface area contributed by atoms with Gasteiger partial charge in [-0.1, -0.05) is 41.4 Å². The third-order valence-electron chi connectivity index (χ3n) is 4.28. The first-order chi connectivity index (χ1) is 14.7. The maximum atomic E-state index is 14.4. The van der Waals surface area contributed by atoms with Crippen molar-refractivity contribution in [2.24, 2.45) is 0 Å². The molecule has 0 amide bonds. The number of para-hydroxylation sites is 1. The lowest BCUT2D eigenvalue weighted by atomic mass is 10.0. The van der Waals surface area contributed by atoms with E-state index in [4.69, 9.17) is 32.7 Å². The van der Waals surface area contributed by atoms with Crippen LogP contribution in [0.4, 0.5) is 4.39 Å². The Morgan fingerprint density at radius 1 is 1.03 bits per heavy atom. The Kier molecular flexibility index (Phi) is 6.28. The van der Waals surface area contributed by atoms with Crippen LogP contribution in [0.1, 0.15) is 31.2 Å². The van der Waals surface area contributed by atoms with E-state index < -0.39 is 44.9 Å². The Balaban J connectivity index is 2.50. The zero-order valence-corrected chi connectivity index (χ0v) is 17.5. The van der Waals surface area contributed by atoms with Gasteiger partial charge in [-0.05, 0) is 18.2 Å². The molecule has 0 unspecified atom stereocenters. The van der Waals surface area contributed by atoms with E-state index in [0.717, 1.165) is 18.9 Å². The van der Waals surface area contributed by atoms with E-state index in [0.29, 0.717) is 11.8 Å². The molecule has 3 aromatic rings. The summed E-state index contributed by atoms with van der Waals surface area (Å²) in [5, 5.41) is 12.5. The highest BCUT2D eigenvalue weighted by Crippen LogP contribution is 2.41. The summed E-state index contributed by atoms with van der Waals surface area (Å²) in [4.78, 5) is 36.7. The van der Waals surface area contributed by atoms with E-state index in [2.05, 4.69) is 5.10 Å². The van der Waals surface area contributed by atoms with Crippen molar-refractivity contribution in [3.63, 3.8) is 0 Å². The number of methoxy groups -OCH3 is 2. The van der Waals surface area contributed by atoms with Crippen molar-refractivity contribution >= 4 is 41.1 Å². The molecule has 3 rings (SSSR count). The van der Waals surface area contributed by atoms with Crippen LogP contribution in [-0.2, 0) is 9.47 Å². The van der Waals surface area contributed by atoms with Gasteiger partial charge in [-0.3, -0.25) is 0 Å². The van der Waals surface area contributed by atoms with Crippen molar-refractivity contribution in [2.75, 3.05) is 14.2 Å². The average Bonchev–Trinajstić information content (AvgIpc) is 3.15. The number of rotatable bonds is 5. The van der Waals surface area contributed by atoms with Crippen molar-refractivity contribution in [2.45, 2.75) is 0 Å². The van der Waals surface area contributed by atoms with Crippen LogP contribution in [0.25, 0.3) is 16.9 Å². The van der Waals surface area contributed by atoms with Crippen LogP contribution in [0.5, 0.6) is 0 Å². The van der Waals surface area contributed by atoms with Crippen LogP contribution in [0.2, 0.25) is 10.0 Å². The van der Waals surface area contributed by atoms with Crippen molar-refractivity contribution in [1.29, 1.82) is 0 Å². The largest absolute Gasteiger partial charge is 0.478 e. The summed E-state index contributed by atoms with van der Waals surface area (Å²) < 4.78 is 25.1. The third-order valence-corrected chi connectivity index (χ3v) is 5.04. The molecule has 31 heavy (non-hydrogen) atoms. The summed E-state index contributed by atoms with van der Waals surface area (Å²) in [5.74, 6) is -4.61. The molecule has 0 atom stereocenters. The maximum Gasteiger partial charge on any atom is 0.357 e. The van der Waals surface area contributed by atoms with E-state index in [1.54, 1.807) is 30.3 Å². The fourth-order valence-corrected chi connectivity index (χ4v) is 3.50. The number of carboxylic acids is 1. The standard InChI is InChI=1S/C20H13Cl2FN2O6/c1-30-19(28)13-16(12-14(21)10(18(26)27)8-11(23)15(12)22)24-25(17(13)20(29)31-2)9-6-4-3-5-7-9/h3-8H,1-2H3,(H,26,27). The molecule has 0 saturated carbocycles. The molecule has 1 aromatic heterocycles. The predicted molar refractivity (Wildman–Crippen MR) is 109 cm³/mol. The molecular formula is C20H13Cl2FN2O6. The van der Waals surface area contributed by atoms with E-state index in [1.807, 2.05) is 0 Å². The molecule has 0 spiro atoms. The molecular weight excluding hydrogens is 454 g/mol. The summed E-state index contributed by atoms with van der Waals surface area (Å²) in [6, 6.07) is 8.83. The highest BCUT2D eigenvalue weighted by atomic mass is 35.5. The number of hydrogen-bond acceptors (Lipinski definition) is 6. The summed E-state index contributed by atoms with van der Waals surface area (Å²) in [5.41, 5.74) is -1.77. The molecule has 0 radical (unpaired) electrons. The summed E-state index contributed by atoms with van der Waals surface area (Å²) in [6.45, 7) is 0. The van der Waals surface area contributed by atoms with Crippen LogP contribution in [0.15, 0.2) is 36.4 Å². The summed E-state index contributed by atoms with van der Waals surface area (Å²) >= 11 is 12.3. The molecule has 160 valence electrons. The number of halogens is 3. The maximum absolute atomic E-state index is 14.4. The monoisotopic (exact) mass is 466 g/mol. The van der Waals surface area contributed by atoms with E-state index in [-0.39, 0.29) is 17.0 Å². The Morgan fingerprint density at radius 2 is 1.65 bits per heavy atom. The molecule has 0 fully saturated rings. The van der Waals surface area contributed by atoms with Gasteiger partial charge in [0, 0.05) is 5.56 Å². The lowest BCUT2D eigenvalue weighted by Crippen LogP contribution is -2.15. The predicted octanol–water partition coefficient (Wildman–Crippen LogP) is 4.26. The van der Waals surface area contributed by atoms with Crippen LogP contribution >= 0.6 is 23.2 Å². The van der Waals surface area contributed by atoms with Gasteiger partial charge in [0.1, 0.15) is 17.1 Å². The quantitative estimate of drug-likeness (QED) is 0.442. The van der Waals surface area contributed by atoms with Gasteiger partial charge in [-0.2, -0.15) is 5.10 Å². The minimum Gasteiger partial charge on any atom is -0.478 e. The highest BCUT2D eigenvalue weighted by molar-refractivity contribution is 6.41. The molecule has 0 aliphatic rings. The molecule has 0 bridgehead atoms. The van der Waals surface area contributed by atoms with Crippen LogP contribution in [0.3, 0.4) is 0 Å². The van der Waals surface area contributed by atoms with Gasteiger partial charge in [0.05, 0.1) is 35.5 Å². The number of ether oxygens (including phenoxy) is 2. The SMILES string of the molecule is COC(=O)c1c(-c2c(Cl)c(F)cc(C(=O)O)c2Cl)nn(-c2ccccc2)c1C(=O)OC. The second-order valence-electron chi connectivity index (χ2n) is 6.02. The molecule has 2 aromatic carbocycles. The molecule has 8 nitrogen and oxygen atoms in total. The van der Waals surface area contributed by atoms with Gasteiger partial charge in [-0.25, -0.2) is 23.5 Å². The zero-order chi connectivity index (χ0) is 22.9. The number of aromatic nitrogens is 2. The molecule has 1 heterocycles. The van der Waals surface area contributed by atoms with Crippen LogP contribution in [0, 0.1) is 5.82 Å². The number of benzene rings is 2. The van der Waals surface area contributed by atoms with E-state index in [1.165, 1.54) is 0 Å². The lowest BCUT2D eigenvalue weighted by molar-refractivity contribution is 0.0549. The summed E-state index contributed by atoms with van der Waals surface area (Å²) in [6.07, 6.45) is 0. The number of esters is 2. The number of nitrogens with zero attached hydrogens (tertiary/aromatic N) is 2. The van der Waals surface area contributed by atoms with Crippen molar-refractivity contribution in [1.82, 2.24) is 9.78 Å². The molecule has 1 N–H and O–H groups in total. The second kappa shape index (κ2) is 8.75. The first kappa shape index (κ1) is 22.3. The van der Waals surface area contributed by atoms with Crippen LogP contribution < -0.4 is 0 Å². The van der Waals surface area contributed by atoms with Crippen molar-refractivity contribution < 1.29 is 33.4 Å². The topological polar surface area (TPSA) is 108 Å². The van der Waals surface area contributed by atoms with Crippen LogP contribution in [-0.4, -0.2) is 47.0 Å². The Morgan fingerprint density at radius 3 is 2.19 bits per heavy atom. The minimum absolute atomic E-state index is 0.344. The Labute approximate surface area is 184 Å². The van der Waals surface area contributed by atoms with Gasteiger partial charge >= 0.3 is 17.9 Å². The normalized spacial score (nSPS) is 10.6. The van der Waals surface area contributed by atoms with Crippen molar-refractivity contribution in [3.8, 4) is 16.9 Å². The highest BCUT2D eigenvalue weighted by Gasteiger charge is 2.34. The fraction of sp³-hybridized carbons (Fsp3) is 0.100. The van der Waals surface area contributed by atoms with Gasteiger partial charge in [0.25, 0.3) is 0 Å². The van der Waals surface area contributed by atoms with E-state index >= 15 is 0 Å². The zero-order valence-electron chi connectivity index (χ0n) is 16.0. The average molecular weight is 467 g/mol. The lowest BCUT2D eigenvalue weighted by Gasteiger charge is -2.10. The molecule has 0 aliphatic carbocycles. The number of carbonyl (C=O) groups is 3. The van der Waals surface area contributed by atoms with E-state index in [9.17, 15) is 23.9 Å². The number of carbonyl (C=O) groups excluding carboxylic acids is 2. The molecule has 0 saturated heterocycles. The Hall–Kier alpha value is -3.43. The number of hydrogen-bond donors (Lipinski definition) is 1. The minimum atomic E-state index is -1.53. The van der Waals surface area contributed by atoms with Gasteiger partial charge < -0.3 is 14.6 Å². The third kappa shape index (κ3) is 3.85. The fourth-order valence-electron chi connectivity index (χ4n) is 2.90. The second-order valence-corrected chi connectivity index (χ2v) is 6.77.